The standard InChI is InChI=1S/C22H19ClN2O2S/c1-16-11-13-18(14-12-16)28(26,27)25-15-21(19-9-5-6-10-20(19)23)24-22(25)17-7-3-2-4-8-17/h2-14,21H,15H2,1H3. The van der Waals surface area contributed by atoms with Crippen LogP contribution in [0.15, 0.2) is 88.8 Å². The van der Waals surface area contributed by atoms with E-state index in [-0.39, 0.29) is 17.5 Å². The van der Waals surface area contributed by atoms with Crippen LogP contribution in [0.5, 0.6) is 0 Å². The first kappa shape index (κ1) is 18.7. The highest BCUT2D eigenvalue weighted by atomic mass is 35.5. The van der Waals surface area contributed by atoms with Crippen LogP contribution in [-0.2, 0) is 10.0 Å². The number of benzene rings is 3. The van der Waals surface area contributed by atoms with Gasteiger partial charge in [-0.25, -0.2) is 12.7 Å². The molecule has 1 aliphatic heterocycles. The minimum absolute atomic E-state index is 0.212. The molecule has 0 amide bonds. The van der Waals surface area contributed by atoms with E-state index in [1.165, 1.54) is 4.31 Å². The van der Waals surface area contributed by atoms with Crippen molar-refractivity contribution < 1.29 is 8.42 Å². The zero-order valence-corrected chi connectivity index (χ0v) is 16.9. The number of hydrogen-bond donors (Lipinski definition) is 0. The van der Waals surface area contributed by atoms with E-state index in [1.807, 2.05) is 55.5 Å². The summed E-state index contributed by atoms with van der Waals surface area (Å²) in [5, 5.41) is 0.582. The first-order chi connectivity index (χ1) is 13.5. The van der Waals surface area contributed by atoms with Crippen molar-refractivity contribution in [2.75, 3.05) is 6.54 Å². The van der Waals surface area contributed by atoms with Crippen molar-refractivity contribution >= 4 is 27.5 Å². The van der Waals surface area contributed by atoms with E-state index in [1.54, 1.807) is 30.3 Å². The minimum Gasteiger partial charge on any atom is -0.257 e. The van der Waals surface area contributed by atoms with Crippen LogP contribution >= 0.6 is 11.6 Å². The number of sulfonamides is 1. The van der Waals surface area contributed by atoms with E-state index in [0.29, 0.717) is 10.9 Å². The fourth-order valence-electron chi connectivity index (χ4n) is 3.26. The molecule has 4 nitrogen and oxygen atoms in total. The van der Waals surface area contributed by atoms with Crippen molar-refractivity contribution in [3.8, 4) is 0 Å². The van der Waals surface area contributed by atoms with Crippen LogP contribution in [0.1, 0.15) is 22.7 Å². The van der Waals surface area contributed by atoms with E-state index < -0.39 is 10.0 Å². The van der Waals surface area contributed by atoms with Crippen LogP contribution in [0.25, 0.3) is 0 Å². The molecule has 0 fully saturated rings. The van der Waals surface area contributed by atoms with Gasteiger partial charge in [-0.05, 0) is 30.7 Å². The molecule has 142 valence electrons. The van der Waals surface area contributed by atoms with Crippen LogP contribution < -0.4 is 0 Å². The molecular weight excluding hydrogens is 392 g/mol. The van der Waals surface area contributed by atoms with Gasteiger partial charge in [0.2, 0.25) is 0 Å². The lowest BCUT2D eigenvalue weighted by atomic mass is 10.1. The quantitative estimate of drug-likeness (QED) is 0.617. The molecule has 0 bridgehead atoms. The fraction of sp³-hybridized carbons (Fsp3) is 0.136. The second-order valence-electron chi connectivity index (χ2n) is 6.71. The molecule has 1 atom stereocenters. The van der Waals surface area contributed by atoms with Crippen LogP contribution in [0.4, 0.5) is 0 Å². The summed E-state index contributed by atoms with van der Waals surface area (Å²) in [5.41, 5.74) is 2.58. The summed E-state index contributed by atoms with van der Waals surface area (Å²) in [6, 6.07) is 23.3. The highest BCUT2D eigenvalue weighted by Gasteiger charge is 2.36. The van der Waals surface area contributed by atoms with Crippen molar-refractivity contribution in [2.24, 2.45) is 4.99 Å². The third-order valence-electron chi connectivity index (χ3n) is 4.76. The predicted molar refractivity (Wildman–Crippen MR) is 112 cm³/mol. The van der Waals surface area contributed by atoms with Crippen molar-refractivity contribution in [1.82, 2.24) is 4.31 Å². The second-order valence-corrected chi connectivity index (χ2v) is 8.97. The van der Waals surface area contributed by atoms with E-state index in [9.17, 15) is 8.42 Å². The lowest BCUT2D eigenvalue weighted by molar-refractivity contribution is 0.520. The molecule has 1 heterocycles. The molecule has 0 saturated heterocycles. The first-order valence-electron chi connectivity index (χ1n) is 8.94. The summed E-state index contributed by atoms with van der Waals surface area (Å²) in [7, 11) is -3.75. The number of halogens is 1. The molecule has 1 unspecified atom stereocenters. The predicted octanol–water partition coefficient (Wildman–Crippen LogP) is 4.84. The maximum atomic E-state index is 13.4. The Morgan fingerprint density at radius 3 is 2.25 bits per heavy atom. The highest BCUT2D eigenvalue weighted by Crippen LogP contribution is 2.34. The first-order valence-corrected chi connectivity index (χ1v) is 10.8. The van der Waals surface area contributed by atoms with Gasteiger partial charge < -0.3 is 0 Å². The third kappa shape index (κ3) is 3.43. The Bertz CT molecular complexity index is 1130. The van der Waals surface area contributed by atoms with Crippen LogP contribution in [0.2, 0.25) is 5.02 Å². The zero-order chi connectivity index (χ0) is 19.7. The lowest BCUT2D eigenvalue weighted by Gasteiger charge is -2.21. The molecule has 0 radical (unpaired) electrons. The SMILES string of the molecule is Cc1ccc(S(=O)(=O)N2CC(c3ccccc3Cl)N=C2c2ccccc2)cc1. The molecular formula is C22H19ClN2O2S. The van der Waals surface area contributed by atoms with Crippen LogP contribution in [0.3, 0.4) is 0 Å². The van der Waals surface area contributed by atoms with Gasteiger partial charge in [0.1, 0.15) is 5.84 Å². The van der Waals surface area contributed by atoms with Gasteiger partial charge in [0, 0.05) is 10.6 Å². The van der Waals surface area contributed by atoms with E-state index >= 15 is 0 Å². The van der Waals surface area contributed by atoms with Crippen molar-refractivity contribution in [3.05, 3.63) is 101 Å². The van der Waals surface area contributed by atoms with Gasteiger partial charge in [-0.1, -0.05) is 77.8 Å². The normalized spacial score (nSPS) is 16.9. The van der Waals surface area contributed by atoms with Gasteiger partial charge in [0.25, 0.3) is 10.0 Å². The Kier molecular flexibility index (Phi) is 4.96. The van der Waals surface area contributed by atoms with Gasteiger partial charge >= 0.3 is 0 Å². The third-order valence-corrected chi connectivity index (χ3v) is 6.87. The topological polar surface area (TPSA) is 49.7 Å². The summed E-state index contributed by atoms with van der Waals surface area (Å²) >= 11 is 6.36. The lowest BCUT2D eigenvalue weighted by Crippen LogP contribution is -2.35. The molecule has 1 aliphatic rings. The highest BCUT2D eigenvalue weighted by molar-refractivity contribution is 7.89. The fourth-order valence-corrected chi connectivity index (χ4v) is 4.98. The largest absolute Gasteiger partial charge is 0.265 e. The number of nitrogens with zero attached hydrogens (tertiary/aromatic N) is 2. The average molecular weight is 411 g/mol. The van der Waals surface area contributed by atoms with Crippen LogP contribution in [0, 0.1) is 6.92 Å². The molecule has 6 heteroatoms. The molecule has 4 rings (SSSR count). The Morgan fingerprint density at radius 2 is 1.57 bits per heavy atom. The zero-order valence-electron chi connectivity index (χ0n) is 15.3. The average Bonchev–Trinajstić information content (AvgIpc) is 3.15. The number of aryl methyl sites for hydroxylation is 1. The van der Waals surface area contributed by atoms with Gasteiger partial charge in [-0.15, -0.1) is 0 Å². The van der Waals surface area contributed by atoms with Crippen molar-refractivity contribution in [1.29, 1.82) is 0 Å². The van der Waals surface area contributed by atoms with E-state index in [4.69, 9.17) is 16.6 Å². The Morgan fingerprint density at radius 1 is 0.929 bits per heavy atom. The van der Waals surface area contributed by atoms with E-state index in [2.05, 4.69) is 0 Å². The molecule has 28 heavy (non-hydrogen) atoms. The maximum Gasteiger partial charge on any atom is 0.265 e. The van der Waals surface area contributed by atoms with Crippen molar-refractivity contribution in [3.63, 3.8) is 0 Å². The Balaban J connectivity index is 1.81. The number of hydrogen-bond acceptors (Lipinski definition) is 3. The summed E-state index contributed by atoms with van der Waals surface area (Å²) in [4.78, 5) is 5.01. The number of rotatable bonds is 4. The number of aliphatic imine (C=N–C) groups is 1. The minimum atomic E-state index is -3.75. The van der Waals surface area contributed by atoms with Crippen molar-refractivity contribution in [2.45, 2.75) is 17.9 Å². The van der Waals surface area contributed by atoms with Gasteiger partial charge in [0.05, 0.1) is 17.5 Å². The monoisotopic (exact) mass is 410 g/mol. The second kappa shape index (κ2) is 7.41. The number of amidine groups is 1. The molecule has 0 N–H and O–H groups in total. The van der Waals surface area contributed by atoms with E-state index in [0.717, 1.165) is 16.7 Å². The maximum absolute atomic E-state index is 13.4. The molecule has 0 saturated carbocycles. The van der Waals surface area contributed by atoms with Gasteiger partial charge in [-0.2, -0.15) is 0 Å². The summed E-state index contributed by atoms with van der Waals surface area (Å²) in [6.07, 6.45) is 0. The molecule has 3 aromatic carbocycles. The molecule has 0 spiro atoms. The molecule has 3 aromatic rings. The van der Waals surface area contributed by atoms with Crippen LogP contribution in [-0.4, -0.2) is 25.1 Å². The smallest absolute Gasteiger partial charge is 0.257 e. The summed E-state index contributed by atoms with van der Waals surface area (Å²) in [5.74, 6) is 0.436. The Hall–Kier alpha value is -2.63. The summed E-state index contributed by atoms with van der Waals surface area (Å²) in [6.45, 7) is 2.14. The molecule has 0 aromatic heterocycles. The molecule has 0 aliphatic carbocycles. The van der Waals surface area contributed by atoms with Gasteiger partial charge in [-0.3, -0.25) is 4.99 Å². The van der Waals surface area contributed by atoms with Gasteiger partial charge in [0.15, 0.2) is 0 Å². The Labute approximate surface area is 170 Å². The summed E-state index contributed by atoms with van der Waals surface area (Å²) < 4.78 is 28.2.